The van der Waals surface area contributed by atoms with Crippen LogP contribution in [0.5, 0.6) is 5.75 Å². The lowest BCUT2D eigenvalue weighted by Gasteiger charge is -2.13. The molecule has 0 saturated heterocycles. The Labute approximate surface area is 180 Å². The Balaban J connectivity index is 1.59. The van der Waals surface area contributed by atoms with Gasteiger partial charge in [0.15, 0.2) is 0 Å². The van der Waals surface area contributed by atoms with Crippen molar-refractivity contribution in [2.24, 2.45) is 0 Å². The minimum absolute atomic E-state index is 0.215. The van der Waals surface area contributed by atoms with Gasteiger partial charge in [0, 0.05) is 9.77 Å². The Bertz CT molecular complexity index is 1000. The molecule has 3 aromatic rings. The molecule has 9 heteroatoms. The van der Waals surface area contributed by atoms with Crippen LogP contribution in [0.4, 0.5) is 15.8 Å². The topological polar surface area (TPSA) is 84.5 Å². The number of hydrazine groups is 1. The van der Waals surface area contributed by atoms with E-state index in [0.717, 1.165) is 9.13 Å². The number of hydrogen-bond donors (Lipinski definition) is 3. The Kier molecular flexibility index (Phi) is 7.33. The molecule has 0 unspecified atom stereocenters. The lowest BCUT2D eigenvalue weighted by molar-refractivity contribution is 0.000608. The molecule has 1 aromatic heterocycles. The SMILES string of the molecule is COc1cccc(CONNC(=O)c2ccncc2Nc2ccc(I)cc2F)c1. The van der Waals surface area contributed by atoms with Crippen LogP contribution in [-0.4, -0.2) is 18.0 Å². The van der Waals surface area contributed by atoms with E-state index in [2.05, 4.69) is 21.3 Å². The molecule has 7 nitrogen and oxygen atoms in total. The number of amides is 1. The number of nitrogens with one attached hydrogen (secondary N) is 3. The highest BCUT2D eigenvalue weighted by Crippen LogP contribution is 2.23. The number of pyridine rings is 1. The molecule has 0 atom stereocenters. The molecule has 150 valence electrons. The number of rotatable bonds is 8. The maximum Gasteiger partial charge on any atom is 0.269 e. The van der Waals surface area contributed by atoms with Crippen LogP contribution in [0.3, 0.4) is 0 Å². The molecule has 0 fully saturated rings. The van der Waals surface area contributed by atoms with Gasteiger partial charge in [-0.15, -0.1) is 5.59 Å². The average molecular weight is 508 g/mol. The summed E-state index contributed by atoms with van der Waals surface area (Å²) in [4.78, 5) is 21.7. The molecule has 0 radical (unpaired) electrons. The van der Waals surface area contributed by atoms with E-state index in [0.29, 0.717) is 11.4 Å². The summed E-state index contributed by atoms with van der Waals surface area (Å²) in [5.74, 6) is -0.177. The Morgan fingerprint density at radius 2 is 2.03 bits per heavy atom. The van der Waals surface area contributed by atoms with Crippen molar-refractivity contribution in [1.82, 2.24) is 16.0 Å². The highest BCUT2D eigenvalue weighted by molar-refractivity contribution is 14.1. The van der Waals surface area contributed by atoms with Gasteiger partial charge in [0.2, 0.25) is 0 Å². The van der Waals surface area contributed by atoms with Gasteiger partial charge >= 0.3 is 0 Å². The fourth-order valence-electron chi connectivity index (χ4n) is 2.46. The molecular formula is C20H18FIN4O3. The third-order valence-electron chi connectivity index (χ3n) is 3.88. The van der Waals surface area contributed by atoms with Crippen molar-refractivity contribution < 1.29 is 18.8 Å². The van der Waals surface area contributed by atoms with Crippen molar-refractivity contribution in [2.45, 2.75) is 6.61 Å². The molecule has 0 bridgehead atoms. The summed E-state index contributed by atoms with van der Waals surface area (Å²) in [6.07, 6.45) is 2.92. The zero-order chi connectivity index (χ0) is 20.6. The van der Waals surface area contributed by atoms with Crippen LogP contribution < -0.4 is 21.1 Å². The van der Waals surface area contributed by atoms with Gasteiger partial charge in [0.25, 0.3) is 5.91 Å². The Morgan fingerprint density at radius 1 is 1.17 bits per heavy atom. The van der Waals surface area contributed by atoms with Gasteiger partial charge in [0.1, 0.15) is 11.6 Å². The quantitative estimate of drug-likeness (QED) is 0.243. The van der Waals surface area contributed by atoms with Crippen molar-refractivity contribution in [3.63, 3.8) is 0 Å². The van der Waals surface area contributed by atoms with Gasteiger partial charge in [-0.05, 0) is 64.6 Å². The second-order valence-electron chi connectivity index (χ2n) is 5.87. The van der Waals surface area contributed by atoms with Crippen LogP contribution in [0.2, 0.25) is 0 Å². The third kappa shape index (κ3) is 5.86. The van der Waals surface area contributed by atoms with Gasteiger partial charge in [-0.2, -0.15) is 0 Å². The highest BCUT2D eigenvalue weighted by atomic mass is 127. The number of anilines is 2. The first-order valence-electron chi connectivity index (χ1n) is 8.53. The summed E-state index contributed by atoms with van der Waals surface area (Å²) in [7, 11) is 1.58. The van der Waals surface area contributed by atoms with Crippen LogP contribution in [0, 0.1) is 9.39 Å². The molecule has 29 heavy (non-hydrogen) atoms. The zero-order valence-corrected chi connectivity index (χ0v) is 17.6. The van der Waals surface area contributed by atoms with Crippen molar-refractivity contribution in [1.29, 1.82) is 0 Å². The molecule has 3 rings (SSSR count). The lowest BCUT2D eigenvalue weighted by Crippen LogP contribution is -2.37. The van der Waals surface area contributed by atoms with Gasteiger partial charge in [-0.1, -0.05) is 12.1 Å². The number of carbonyl (C=O) groups is 1. The first-order valence-corrected chi connectivity index (χ1v) is 9.61. The van der Waals surface area contributed by atoms with E-state index in [4.69, 9.17) is 9.57 Å². The number of benzene rings is 2. The van der Waals surface area contributed by atoms with Gasteiger partial charge in [0.05, 0.1) is 36.9 Å². The number of halogens is 2. The minimum Gasteiger partial charge on any atom is -0.497 e. The largest absolute Gasteiger partial charge is 0.497 e. The second-order valence-corrected chi connectivity index (χ2v) is 7.11. The summed E-state index contributed by atoms with van der Waals surface area (Å²) in [6, 6.07) is 13.6. The van der Waals surface area contributed by atoms with E-state index < -0.39 is 11.7 Å². The number of hydrogen-bond acceptors (Lipinski definition) is 6. The number of nitrogens with zero attached hydrogens (tertiary/aromatic N) is 1. The molecule has 2 aromatic carbocycles. The van der Waals surface area contributed by atoms with Gasteiger partial charge in [-0.3, -0.25) is 20.0 Å². The first kappa shape index (κ1) is 21.0. The summed E-state index contributed by atoms with van der Waals surface area (Å²) in [5, 5.41) is 2.89. The van der Waals surface area contributed by atoms with E-state index in [1.165, 1.54) is 24.5 Å². The van der Waals surface area contributed by atoms with Crippen LogP contribution in [0.15, 0.2) is 60.9 Å². The fourth-order valence-corrected chi connectivity index (χ4v) is 2.91. The summed E-state index contributed by atoms with van der Waals surface area (Å²) in [6.45, 7) is 0.215. The zero-order valence-electron chi connectivity index (χ0n) is 15.4. The molecule has 1 amide bonds. The van der Waals surface area contributed by atoms with E-state index in [9.17, 15) is 9.18 Å². The third-order valence-corrected chi connectivity index (χ3v) is 4.55. The van der Waals surface area contributed by atoms with Crippen LogP contribution >= 0.6 is 22.6 Å². The van der Waals surface area contributed by atoms with Crippen LogP contribution in [0.1, 0.15) is 15.9 Å². The molecular weight excluding hydrogens is 490 g/mol. The smallest absolute Gasteiger partial charge is 0.269 e. The number of methoxy groups -OCH3 is 1. The van der Waals surface area contributed by atoms with Crippen molar-refractivity contribution in [3.05, 3.63) is 81.4 Å². The maximum absolute atomic E-state index is 14.1. The first-order chi connectivity index (χ1) is 14.1. The number of carbonyl (C=O) groups excluding carboxylic acids is 1. The van der Waals surface area contributed by atoms with Crippen molar-refractivity contribution >= 4 is 39.9 Å². The molecule has 3 N–H and O–H groups in total. The minimum atomic E-state index is -0.466. The summed E-state index contributed by atoms with van der Waals surface area (Å²) < 4.78 is 20.0. The summed E-state index contributed by atoms with van der Waals surface area (Å²) >= 11 is 2.02. The predicted octanol–water partition coefficient (Wildman–Crippen LogP) is 3.94. The van der Waals surface area contributed by atoms with Crippen molar-refractivity contribution in [3.8, 4) is 5.75 Å². The monoisotopic (exact) mass is 508 g/mol. The van der Waals surface area contributed by atoms with E-state index >= 15 is 0 Å². The van der Waals surface area contributed by atoms with E-state index in [1.54, 1.807) is 19.2 Å². The molecule has 0 aliphatic rings. The van der Waals surface area contributed by atoms with E-state index in [-0.39, 0.29) is 17.9 Å². The molecule has 0 spiro atoms. The number of ether oxygens (including phenoxy) is 1. The molecule has 0 aliphatic carbocycles. The molecule has 0 saturated carbocycles. The second kappa shape index (κ2) is 10.1. The normalized spacial score (nSPS) is 10.4. The van der Waals surface area contributed by atoms with E-state index in [1.807, 2.05) is 46.9 Å². The summed E-state index contributed by atoms with van der Waals surface area (Å²) in [5.41, 5.74) is 6.61. The highest BCUT2D eigenvalue weighted by Gasteiger charge is 2.13. The molecule has 0 aliphatic heterocycles. The predicted molar refractivity (Wildman–Crippen MR) is 115 cm³/mol. The standard InChI is InChI=1S/C20H18FIN4O3/c1-28-15-4-2-3-13(9-15)12-29-26-25-20(27)16-7-8-23-11-19(16)24-18-6-5-14(22)10-17(18)21/h2-11,24,26H,12H2,1H3,(H,25,27). The number of aromatic nitrogens is 1. The average Bonchev–Trinajstić information content (AvgIpc) is 2.73. The lowest BCUT2D eigenvalue weighted by atomic mass is 10.2. The fraction of sp³-hybridized carbons (Fsp3) is 0.100. The van der Waals surface area contributed by atoms with Crippen molar-refractivity contribution in [2.75, 3.05) is 12.4 Å². The van der Waals surface area contributed by atoms with Gasteiger partial charge in [-0.25, -0.2) is 4.39 Å². The van der Waals surface area contributed by atoms with Crippen LogP contribution in [0.25, 0.3) is 0 Å². The Morgan fingerprint density at radius 3 is 2.83 bits per heavy atom. The molecule has 1 heterocycles. The maximum atomic E-state index is 14.1. The van der Waals surface area contributed by atoms with Gasteiger partial charge < -0.3 is 10.1 Å². The van der Waals surface area contributed by atoms with Crippen LogP contribution in [-0.2, 0) is 11.4 Å². The Hall–Kier alpha value is -2.76.